The fourth-order valence-electron chi connectivity index (χ4n) is 1.91. The Balaban J connectivity index is 2.11. The summed E-state index contributed by atoms with van der Waals surface area (Å²) < 4.78 is 25.3. The molecule has 0 aliphatic heterocycles. The maximum Gasteiger partial charge on any atom is 0.263 e. The number of rotatable bonds is 2. The van der Waals surface area contributed by atoms with E-state index in [-0.39, 0.29) is 5.56 Å². The second kappa shape index (κ2) is 4.22. The van der Waals surface area contributed by atoms with Crippen molar-refractivity contribution in [1.82, 2.24) is 9.97 Å². The Hall–Kier alpha value is -2.23. The summed E-state index contributed by atoms with van der Waals surface area (Å²) in [6.07, 6.45) is -2.46. The normalized spacial score (nSPS) is 11.3. The monoisotopic (exact) mass is 244 g/mol. The van der Waals surface area contributed by atoms with Gasteiger partial charge in [-0.3, -0.25) is 0 Å². The Labute approximate surface area is 102 Å². The molecule has 0 unspecified atom stereocenters. The van der Waals surface area contributed by atoms with Crippen molar-refractivity contribution in [2.45, 2.75) is 6.43 Å². The summed E-state index contributed by atoms with van der Waals surface area (Å²) in [4.78, 5) is 7.50. The van der Waals surface area contributed by atoms with E-state index in [0.29, 0.717) is 11.4 Å². The number of imidazole rings is 1. The zero-order valence-electron chi connectivity index (χ0n) is 9.40. The van der Waals surface area contributed by atoms with Crippen LogP contribution in [0.5, 0.6) is 0 Å². The third kappa shape index (κ3) is 1.86. The molecular formula is C14H10F2N2. The quantitative estimate of drug-likeness (QED) is 0.720. The van der Waals surface area contributed by atoms with Crippen molar-refractivity contribution in [2.75, 3.05) is 0 Å². The zero-order chi connectivity index (χ0) is 12.5. The minimum Gasteiger partial charge on any atom is -0.338 e. The van der Waals surface area contributed by atoms with Crippen molar-refractivity contribution in [3.8, 4) is 11.4 Å². The van der Waals surface area contributed by atoms with Crippen molar-refractivity contribution in [3.63, 3.8) is 0 Å². The second-order valence-corrected chi connectivity index (χ2v) is 4.03. The molecule has 0 radical (unpaired) electrons. The average Bonchev–Trinajstić information content (AvgIpc) is 2.82. The largest absolute Gasteiger partial charge is 0.338 e. The number of halogens is 2. The first-order valence-electron chi connectivity index (χ1n) is 5.57. The summed E-state index contributed by atoms with van der Waals surface area (Å²) >= 11 is 0. The van der Waals surface area contributed by atoms with Crippen LogP contribution in [0.25, 0.3) is 22.4 Å². The van der Waals surface area contributed by atoms with Crippen LogP contribution in [0, 0.1) is 0 Å². The molecule has 0 saturated heterocycles. The highest BCUT2D eigenvalue weighted by molar-refractivity contribution is 5.79. The minimum absolute atomic E-state index is 0.00737. The maximum atomic E-state index is 12.6. The smallest absolute Gasteiger partial charge is 0.263 e. The lowest BCUT2D eigenvalue weighted by Gasteiger charge is -2.01. The highest BCUT2D eigenvalue weighted by atomic mass is 19.3. The van der Waals surface area contributed by atoms with Crippen LogP contribution in [-0.2, 0) is 0 Å². The van der Waals surface area contributed by atoms with E-state index >= 15 is 0 Å². The Morgan fingerprint density at radius 1 is 1.00 bits per heavy atom. The van der Waals surface area contributed by atoms with Gasteiger partial charge in [-0.15, -0.1) is 0 Å². The number of hydrogen-bond acceptors (Lipinski definition) is 1. The standard InChI is InChI=1S/C14H10F2N2/c15-13(16)9-4-3-5-10(8-9)14-17-11-6-1-2-7-12(11)18-14/h1-8,13H,(H,17,18). The predicted molar refractivity (Wildman–Crippen MR) is 66.5 cm³/mol. The Bertz CT molecular complexity index is 656. The molecule has 1 aromatic heterocycles. The first-order chi connectivity index (χ1) is 8.74. The molecule has 90 valence electrons. The van der Waals surface area contributed by atoms with Gasteiger partial charge < -0.3 is 4.98 Å². The number of para-hydroxylation sites is 2. The number of aromatic amines is 1. The Kier molecular flexibility index (Phi) is 2.55. The van der Waals surface area contributed by atoms with Crippen molar-refractivity contribution < 1.29 is 8.78 Å². The number of nitrogens with one attached hydrogen (secondary N) is 1. The van der Waals surface area contributed by atoms with Crippen LogP contribution >= 0.6 is 0 Å². The summed E-state index contributed by atoms with van der Waals surface area (Å²) in [7, 11) is 0. The van der Waals surface area contributed by atoms with Gasteiger partial charge in [-0.2, -0.15) is 0 Å². The molecule has 0 spiro atoms. The zero-order valence-corrected chi connectivity index (χ0v) is 9.40. The van der Waals surface area contributed by atoms with Gasteiger partial charge in [0.05, 0.1) is 11.0 Å². The highest BCUT2D eigenvalue weighted by Crippen LogP contribution is 2.25. The third-order valence-corrected chi connectivity index (χ3v) is 2.80. The van der Waals surface area contributed by atoms with Gasteiger partial charge in [0.2, 0.25) is 0 Å². The van der Waals surface area contributed by atoms with Crippen LogP contribution in [-0.4, -0.2) is 9.97 Å². The number of fused-ring (bicyclic) bond motifs is 1. The van der Waals surface area contributed by atoms with Crippen LogP contribution < -0.4 is 0 Å². The molecular weight excluding hydrogens is 234 g/mol. The lowest BCUT2D eigenvalue weighted by Crippen LogP contribution is -1.86. The Morgan fingerprint density at radius 2 is 1.83 bits per heavy atom. The van der Waals surface area contributed by atoms with E-state index in [4.69, 9.17) is 0 Å². The molecule has 3 rings (SSSR count). The molecule has 0 amide bonds. The van der Waals surface area contributed by atoms with E-state index in [2.05, 4.69) is 9.97 Å². The molecule has 2 nitrogen and oxygen atoms in total. The van der Waals surface area contributed by atoms with E-state index < -0.39 is 6.43 Å². The van der Waals surface area contributed by atoms with Gasteiger partial charge >= 0.3 is 0 Å². The maximum absolute atomic E-state index is 12.6. The average molecular weight is 244 g/mol. The van der Waals surface area contributed by atoms with Gasteiger partial charge in [0.1, 0.15) is 5.82 Å². The van der Waals surface area contributed by atoms with E-state index in [1.807, 2.05) is 24.3 Å². The molecule has 2 aromatic carbocycles. The van der Waals surface area contributed by atoms with Crippen LogP contribution in [0.3, 0.4) is 0 Å². The SMILES string of the molecule is FC(F)c1cccc(-c2nc3ccccc3[nH]2)c1. The van der Waals surface area contributed by atoms with E-state index in [9.17, 15) is 8.78 Å². The summed E-state index contributed by atoms with van der Waals surface area (Å²) in [5, 5.41) is 0. The van der Waals surface area contributed by atoms with Crippen molar-refractivity contribution in [3.05, 3.63) is 54.1 Å². The molecule has 0 fully saturated rings. The molecule has 1 N–H and O–H groups in total. The number of nitrogens with zero attached hydrogens (tertiary/aromatic N) is 1. The number of benzene rings is 2. The number of hydrogen-bond donors (Lipinski definition) is 1. The van der Waals surface area contributed by atoms with E-state index in [1.54, 1.807) is 12.1 Å². The molecule has 4 heteroatoms. The summed E-state index contributed by atoms with van der Waals surface area (Å²) in [5.41, 5.74) is 2.40. The van der Waals surface area contributed by atoms with Gasteiger partial charge in [-0.25, -0.2) is 13.8 Å². The van der Waals surface area contributed by atoms with Crippen molar-refractivity contribution in [1.29, 1.82) is 0 Å². The van der Waals surface area contributed by atoms with Crippen LogP contribution in [0.1, 0.15) is 12.0 Å². The highest BCUT2D eigenvalue weighted by Gasteiger charge is 2.10. The van der Waals surface area contributed by atoms with Crippen molar-refractivity contribution in [2.24, 2.45) is 0 Å². The first-order valence-corrected chi connectivity index (χ1v) is 5.57. The molecule has 0 saturated carbocycles. The molecule has 18 heavy (non-hydrogen) atoms. The third-order valence-electron chi connectivity index (χ3n) is 2.80. The molecule has 0 aliphatic rings. The summed E-state index contributed by atoms with van der Waals surface area (Å²) in [6.45, 7) is 0. The lowest BCUT2D eigenvalue weighted by molar-refractivity contribution is 0.151. The first kappa shape index (κ1) is 10.9. The van der Waals surface area contributed by atoms with Crippen LogP contribution in [0.4, 0.5) is 8.78 Å². The van der Waals surface area contributed by atoms with Gasteiger partial charge in [-0.05, 0) is 18.2 Å². The van der Waals surface area contributed by atoms with Gasteiger partial charge in [0.15, 0.2) is 0 Å². The molecule has 0 aliphatic carbocycles. The Morgan fingerprint density at radius 3 is 2.61 bits per heavy atom. The molecule has 0 bridgehead atoms. The van der Waals surface area contributed by atoms with Gasteiger partial charge in [-0.1, -0.05) is 30.3 Å². The predicted octanol–water partition coefficient (Wildman–Crippen LogP) is 4.17. The summed E-state index contributed by atoms with van der Waals surface area (Å²) in [6, 6.07) is 13.8. The minimum atomic E-state index is -2.46. The lowest BCUT2D eigenvalue weighted by atomic mass is 10.1. The molecule has 1 heterocycles. The number of H-pyrrole nitrogens is 1. The molecule has 0 atom stereocenters. The topological polar surface area (TPSA) is 28.7 Å². The number of alkyl halides is 2. The van der Waals surface area contributed by atoms with E-state index in [0.717, 1.165) is 11.0 Å². The number of aromatic nitrogens is 2. The molecule has 3 aromatic rings. The van der Waals surface area contributed by atoms with Crippen LogP contribution in [0.2, 0.25) is 0 Å². The fraction of sp³-hybridized carbons (Fsp3) is 0.0714. The summed E-state index contributed by atoms with van der Waals surface area (Å²) in [5.74, 6) is 0.610. The fourth-order valence-corrected chi connectivity index (χ4v) is 1.91. The van der Waals surface area contributed by atoms with Gasteiger partial charge in [0, 0.05) is 11.1 Å². The van der Waals surface area contributed by atoms with Crippen molar-refractivity contribution >= 4 is 11.0 Å². The van der Waals surface area contributed by atoms with Gasteiger partial charge in [0.25, 0.3) is 6.43 Å². The van der Waals surface area contributed by atoms with Crippen LogP contribution in [0.15, 0.2) is 48.5 Å². The van der Waals surface area contributed by atoms with E-state index in [1.165, 1.54) is 12.1 Å². The second-order valence-electron chi connectivity index (χ2n) is 4.03.